The molecule has 0 aromatic heterocycles. The van der Waals surface area contributed by atoms with E-state index < -0.39 is 0 Å². The first-order valence-electron chi connectivity index (χ1n) is 5.66. The van der Waals surface area contributed by atoms with Gasteiger partial charge >= 0.3 is 0 Å². The summed E-state index contributed by atoms with van der Waals surface area (Å²) in [5.41, 5.74) is 1.98. The lowest BCUT2D eigenvalue weighted by atomic mass is 9.88. The molecule has 0 N–H and O–H groups in total. The lowest BCUT2D eigenvalue weighted by molar-refractivity contribution is 0.255. The molecule has 0 spiro atoms. The number of rotatable bonds is 2. The minimum absolute atomic E-state index is 0.532. The monoisotopic (exact) mass is 216 g/mol. The predicted octanol–water partition coefficient (Wildman–Crippen LogP) is 2.46. The number of isocyanates is 1. The fourth-order valence-electron chi connectivity index (χ4n) is 2.30. The van der Waals surface area contributed by atoms with Gasteiger partial charge in [0.05, 0.1) is 5.69 Å². The molecule has 0 saturated carbocycles. The van der Waals surface area contributed by atoms with Gasteiger partial charge in [0.1, 0.15) is 0 Å². The number of hydrogen-bond donors (Lipinski definition) is 0. The molecule has 16 heavy (non-hydrogen) atoms. The highest BCUT2D eigenvalue weighted by molar-refractivity contribution is 5.54. The zero-order valence-electron chi connectivity index (χ0n) is 9.52. The second kappa shape index (κ2) is 5.06. The van der Waals surface area contributed by atoms with Crippen LogP contribution in [0.3, 0.4) is 0 Å². The summed E-state index contributed by atoms with van der Waals surface area (Å²) in [5.74, 6) is 0.532. The van der Waals surface area contributed by atoms with Crippen LogP contribution < -0.4 is 0 Å². The van der Waals surface area contributed by atoms with Crippen molar-refractivity contribution >= 4 is 11.8 Å². The summed E-state index contributed by atoms with van der Waals surface area (Å²) in [6, 6.07) is 7.89. The maximum Gasteiger partial charge on any atom is 0.240 e. The maximum absolute atomic E-state index is 10.4. The van der Waals surface area contributed by atoms with E-state index in [1.807, 2.05) is 18.2 Å². The van der Waals surface area contributed by atoms with Crippen LogP contribution in [0.15, 0.2) is 29.3 Å². The minimum atomic E-state index is 0.532. The maximum atomic E-state index is 10.4. The molecular weight excluding hydrogens is 200 g/mol. The van der Waals surface area contributed by atoms with Gasteiger partial charge in [0, 0.05) is 0 Å². The van der Waals surface area contributed by atoms with Gasteiger partial charge < -0.3 is 4.90 Å². The van der Waals surface area contributed by atoms with E-state index >= 15 is 0 Å². The molecular formula is C13H16N2O. The molecule has 1 aromatic carbocycles. The Kier molecular flexibility index (Phi) is 3.50. The van der Waals surface area contributed by atoms with Crippen molar-refractivity contribution in [1.29, 1.82) is 0 Å². The van der Waals surface area contributed by atoms with Crippen LogP contribution >= 0.6 is 0 Å². The molecule has 0 aliphatic carbocycles. The second-order valence-corrected chi connectivity index (χ2v) is 4.34. The molecule has 1 saturated heterocycles. The first kappa shape index (κ1) is 11.1. The highest BCUT2D eigenvalue weighted by Crippen LogP contribution is 2.33. The fraction of sp³-hybridized carbons (Fsp3) is 0.462. The van der Waals surface area contributed by atoms with E-state index in [2.05, 4.69) is 23.0 Å². The van der Waals surface area contributed by atoms with Crippen LogP contribution in [0.5, 0.6) is 0 Å². The predicted molar refractivity (Wildman–Crippen MR) is 63.7 cm³/mol. The molecule has 1 aromatic rings. The molecule has 1 aliphatic rings. The largest absolute Gasteiger partial charge is 0.306 e. The molecule has 2 rings (SSSR count). The van der Waals surface area contributed by atoms with Crippen LogP contribution in [0.1, 0.15) is 24.3 Å². The summed E-state index contributed by atoms with van der Waals surface area (Å²) in [4.78, 5) is 16.5. The topological polar surface area (TPSA) is 32.7 Å². The van der Waals surface area contributed by atoms with Crippen LogP contribution in [-0.2, 0) is 4.79 Å². The first-order chi connectivity index (χ1) is 7.81. The molecule has 0 bridgehead atoms. The lowest BCUT2D eigenvalue weighted by Gasteiger charge is -2.29. The highest BCUT2D eigenvalue weighted by atomic mass is 16.1. The second-order valence-electron chi connectivity index (χ2n) is 4.34. The van der Waals surface area contributed by atoms with Crippen molar-refractivity contribution in [3.63, 3.8) is 0 Å². The minimum Gasteiger partial charge on any atom is -0.306 e. The SMILES string of the molecule is CN1CCC(c2ccccc2N=C=O)CC1. The number of aliphatic imine (C=N–C) groups is 1. The Labute approximate surface area is 95.8 Å². The molecule has 0 amide bonds. The van der Waals surface area contributed by atoms with Gasteiger partial charge in [-0.15, -0.1) is 0 Å². The number of para-hydroxylation sites is 1. The smallest absolute Gasteiger partial charge is 0.240 e. The Morgan fingerprint density at radius 3 is 2.69 bits per heavy atom. The van der Waals surface area contributed by atoms with Crippen molar-refractivity contribution < 1.29 is 4.79 Å². The Hall–Kier alpha value is -1.44. The fourth-order valence-corrected chi connectivity index (χ4v) is 2.30. The molecule has 84 valence electrons. The van der Waals surface area contributed by atoms with Crippen molar-refractivity contribution in [3.8, 4) is 0 Å². The highest BCUT2D eigenvalue weighted by Gasteiger charge is 2.20. The van der Waals surface area contributed by atoms with E-state index in [1.165, 1.54) is 5.56 Å². The van der Waals surface area contributed by atoms with E-state index in [0.29, 0.717) is 5.92 Å². The van der Waals surface area contributed by atoms with Crippen molar-refractivity contribution in [2.24, 2.45) is 4.99 Å². The van der Waals surface area contributed by atoms with Crippen LogP contribution in [0.25, 0.3) is 0 Å². The van der Waals surface area contributed by atoms with Crippen molar-refractivity contribution in [2.75, 3.05) is 20.1 Å². The van der Waals surface area contributed by atoms with Crippen LogP contribution in [0.4, 0.5) is 5.69 Å². The summed E-state index contributed by atoms with van der Waals surface area (Å²) in [7, 11) is 2.14. The number of hydrogen-bond acceptors (Lipinski definition) is 3. The van der Waals surface area contributed by atoms with Crippen molar-refractivity contribution in [2.45, 2.75) is 18.8 Å². The Morgan fingerprint density at radius 2 is 2.00 bits per heavy atom. The lowest BCUT2D eigenvalue weighted by Crippen LogP contribution is -2.29. The van der Waals surface area contributed by atoms with E-state index in [1.54, 1.807) is 6.08 Å². The summed E-state index contributed by atoms with van der Waals surface area (Å²) in [6.45, 7) is 2.23. The summed E-state index contributed by atoms with van der Waals surface area (Å²) >= 11 is 0. The van der Waals surface area contributed by atoms with Gasteiger partial charge in [-0.1, -0.05) is 18.2 Å². The van der Waals surface area contributed by atoms with E-state index in [9.17, 15) is 4.79 Å². The van der Waals surface area contributed by atoms with Gasteiger partial charge in [0.25, 0.3) is 0 Å². The number of likely N-dealkylation sites (tertiary alicyclic amines) is 1. The van der Waals surface area contributed by atoms with Crippen molar-refractivity contribution in [3.05, 3.63) is 29.8 Å². The molecule has 0 radical (unpaired) electrons. The molecule has 0 unspecified atom stereocenters. The van der Waals surface area contributed by atoms with Gasteiger partial charge in [-0.25, -0.2) is 4.79 Å². The van der Waals surface area contributed by atoms with Crippen LogP contribution in [0, 0.1) is 0 Å². The molecule has 1 heterocycles. The first-order valence-corrected chi connectivity index (χ1v) is 5.66. The Morgan fingerprint density at radius 1 is 1.31 bits per heavy atom. The molecule has 3 heteroatoms. The third-order valence-electron chi connectivity index (χ3n) is 3.26. The standard InChI is InChI=1S/C13H16N2O/c1-15-8-6-11(7-9-15)12-4-2-3-5-13(12)14-10-16/h2-5,11H,6-9H2,1H3. The Balaban J connectivity index is 2.22. The normalized spacial score (nSPS) is 18.1. The average Bonchev–Trinajstić information content (AvgIpc) is 2.32. The molecule has 1 fully saturated rings. The van der Waals surface area contributed by atoms with Gasteiger partial charge in [-0.2, -0.15) is 4.99 Å². The number of nitrogens with zero attached hydrogens (tertiary/aromatic N) is 2. The Bertz CT molecular complexity index is 402. The zero-order valence-corrected chi connectivity index (χ0v) is 9.52. The summed E-state index contributed by atoms with van der Waals surface area (Å²) in [6.07, 6.45) is 3.92. The van der Waals surface area contributed by atoms with Gasteiger partial charge in [-0.3, -0.25) is 0 Å². The summed E-state index contributed by atoms with van der Waals surface area (Å²) in [5, 5.41) is 0. The van der Waals surface area contributed by atoms with E-state index in [4.69, 9.17) is 0 Å². The quantitative estimate of drug-likeness (QED) is 0.562. The number of piperidine rings is 1. The van der Waals surface area contributed by atoms with Gasteiger partial charge in [0.2, 0.25) is 6.08 Å². The van der Waals surface area contributed by atoms with Gasteiger partial charge in [0.15, 0.2) is 0 Å². The van der Waals surface area contributed by atoms with E-state index in [-0.39, 0.29) is 0 Å². The van der Waals surface area contributed by atoms with Gasteiger partial charge in [-0.05, 0) is 50.5 Å². The van der Waals surface area contributed by atoms with Crippen LogP contribution in [-0.4, -0.2) is 31.1 Å². The molecule has 1 aliphatic heterocycles. The zero-order chi connectivity index (χ0) is 11.4. The molecule has 0 atom stereocenters. The average molecular weight is 216 g/mol. The number of carbonyl (C=O) groups excluding carboxylic acids is 1. The number of benzene rings is 1. The third kappa shape index (κ3) is 2.38. The summed E-state index contributed by atoms with van der Waals surface area (Å²) < 4.78 is 0. The third-order valence-corrected chi connectivity index (χ3v) is 3.26. The van der Waals surface area contributed by atoms with Crippen molar-refractivity contribution in [1.82, 2.24) is 4.90 Å². The van der Waals surface area contributed by atoms with E-state index in [0.717, 1.165) is 31.6 Å². The molecule has 3 nitrogen and oxygen atoms in total. The van der Waals surface area contributed by atoms with Crippen LogP contribution in [0.2, 0.25) is 0 Å².